The third kappa shape index (κ3) is 8.11. The Labute approximate surface area is 329 Å². The van der Waals surface area contributed by atoms with Crippen LogP contribution in [-0.4, -0.2) is 86.1 Å². The minimum atomic E-state index is -1.93. The van der Waals surface area contributed by atoms with Crippen LogP contribution >= 0.6 is 0 Å². The lowest BCUT2D eigenvalue weighted by Gasteiger charge is -2.42. The summed E-state index contributed by atoms with van der Waals surface area (Å²) >= 11 is 0. The summed E-state index contributed by atoms with van der Waals surface area (Å²) in [7, 11) is 2.07. The van der Waals surface area contributed by atoms with Gasteiger partial charge < -0.3 is 30.5 Å². The van der Waals surface area contributed by atoms with E-state index in [2.05, 4.69) is 60.4 Å². The Morgan fingerprint density at radius 2 is 1.82 bits per heavy atom. The summed E-state index contributed by atoms with van der Waals surface area (Å²) in [6, 6.07) is 0.179. The topological polar surface area (TPSA) is 155 Å². The summed E-state index contributed by atoms with van der Waals surface area (Å²) in [5.41, 5.74) is -0.332. The van der Waals surface area contributed by atoms with Crippen molar-refractivity contribution in [3.63, 3.8) is 0 Å². The van der Waals surface area contributed by atoms with E-state index in [1.165, 1.54) is 24.8 Å². The third-order valence-electron chi connectivity index (χ3n) is 15.3. The zero-order valence-electron chi connectivity index (χ0n) is 34.4. The van der Waals surface area contributed by atoms with E-state index in [4.69, 9.17) is 9.47 Å². The number of aliphatic hydroxyl groups is 1. The van der Waals surface area contributed by atoms with Crippen molar-refractivity contribution in [1.29, 1.82) is 0 Å². The Hall–Kier alpha value is -2.21. The largest absolute Gasteiger partial charge is 0.463 e. The van der Waals surface area contributed by atoms with Gasteiger partial charge in [-0.25, -0.2) is 10.1 Å². The van der Waals surface area contributed by atoms with E-state index in [1.807, 2.05) is 6.92 Å². The molecule has 4 bridgehead atoms. The standard InChI is InChI=1S/C45H70N4O6/c1-5-47-38-23-32-13-8-12-31-11-7-6-10-28(2)20-33-14-9-15-36-40(33)42(52)45(43(53)54-26-34(38)22-37(31)32)44(55-45,41(36)51)24-35(25-50)29(3)16-17-30-18-19-48-39(21-30)49-27-46-4/h8,13,23,28,30-31,33-34,36-40,46-50H,5-7,9-12,14-22,24-27H2,1-4H3/p+3/t28-,30?,31+,33?,34+,36?,37-,38+,39?,40?,44+,45+/m1/s1. The number of quaternary nitrogens is 3. The number of fused-ring (bicyclic) bond motifs is 1. The number of aliphatic hydroxyl groups excluding tert-OH is 1. The van der Waals surface area contributed by atoms with Crippen LogP contribution in [0.5, 0.6) is 0 Å². The number of hydrogen-bond acceptors (Lipinski definition) is 7. The lowest BCUT2D eigenvalue weighted by atomic mass is 9.56. The van der Waals surface area contributed by atoms with Gasteiger partial charge >= 0.3 is 5.97 Å². The van der Waals surface area contributed by atoms with Crippen LogP contribution in [0.25, 0.3) is 0 Å². The van der Waals surface area contributed by atoms with Gasteiger partial charge in [0.05, 0.1) is 26.7 Å². The number of esters is 1. The van der Waals surface area contributed by atoms with Crippen molar-refractivity contribution in [2.24, 2.45) is 47.3 Å². The molecule has 0 radical (unpaired) electrons. The van der Waals surface area contributed by atoms with Crippen LogP contribution in [-0.2, 0) is 23.9 Å². The Balaban J connectivity index is 1.17. The third-order valence-corrected chi connectivity index (χ3v) is 15.3. The maximum atomic E-state index is 15.1. The van der Waals surface area contributed by atoms with E-state index in [-0.39, 0.29) is 49.1 Å². The van der Waals surface area contributed by atoms with Crippen LogP contribution < -0.4 is 21.3 Å². The Kier molecular flexibility index (Phi) is 13.2. The molecule has 8 N–H and O–H groups in total. The Morgan fingerprint density at radius 1 is 1.00 bits per heavy atom. The summed E-state index contributed by atoms with van der Waals surface area (Å²) in [4.78, 5) is 44.8. The summed E-state index contributed by atoms with van der Waals surface area (Å²) < 4.78 is 12.8. The van der Waals surface area contributed by atoms with Gasteiger partial charge in [-0.1, -0.05) is 50.3 Å². The zero-order valence-corrected chi connectivity index (χ0v) is 34.4. The molecule has 3 heterocycles. The van der Waals surface area contributed by atoms with E-state index in [0.29, 0.717) is 36.3 Å². The molecule has 0 aromatic carbocycles. The van der Waals surface area contributed by atoms with Gasteiger partial charge in [0.25, 0.3) is 5.60 Å². The zero-order chi connectivity index (χ0) is 38.7. The molecular weight excluding hydrogens is 693 g/mol. The highest BCUT2D eigenvalue weighted by molar-refractivity contribution is 6.23. The van der Waals surface area contributed by atoms with Crippen LogP contribution in [0.15, 0.2) is 34.9 Å². The second-order valence-electron chi connectivity index (χ2n) is 18.9. The van der Waals surface area contributed by atoms with Crippen LogP contribution in [0.3, 0.4) is 0 Å². The molecule has 12 atom stereocenters. The first-order chi connectivity index (χ1) is 26.6. The van der Waals surface area contributed by atoms with Gasteiger partial charge in [-0.3, -0.25) is 9.59 Å². The molecule has 4 aliphatic carbocycles. The molecular formula is C45H73N4O6+3. The van der Waals surface area contributed by atoms with E-state index >= 15 is 4.79 Å². The summed E-state index contributed by atoms with van der Waals surface area (Å²) in [6.07, 6.45) is 21.8. The molecule has 0 aromatic rings. The van der Waals surface area contributed by atoms with Gasteiger partial charge in [0, 0.05) is 30.6 Å². The van der Waals surface area contributed by atoms with Crippen LogP contribution in [0, 0.1) is 47.3 Å². The van der Waals surface area contributed by atoms with Gasteiger partial charge in [-0.05, 0) is 118 Å². The number of Topliss-reactive ketones (excluding diaryl/α,β-unsaturated/α-hetero) is 2. The molecule has 3 saturated heterocycles. The summed E-state index contributed by atoms with van der Waals surface area (Å²) in [5.74, 6) is 0.252. The molecule has 0 amide bonds. The number of cyclic esters (lactones) is 1. The number of rotatable bonds is 11. The maximum Gasteiger partial charge on any atom is 0.350 e. The quantitative estimate of drug-likeness (QED) is 0.0712. The molecule has 5 unspecified atom stereocenters. The average Bonchev–Trinajstić information content (AvgIpc) is 3.89. The first kappa shape index (κ1) is 41.0. The fraction of sp³-hybridized carbons (Fsp3) is 0.800. The number of likely N-dealkylation sites (N-methyl/N-ethyl adjacent to an activating group) is 1. The molecule has 10 nitrogen and oxygen atoms in total. The summed E-state index contributed by atoms with van der Waals surface area (Å²) in [6.45, 7) is 9.41. The predicted molar refractivity (Wildman–Crippen MR) is 210 cm³/mol. The smallest absolute Gasteiger partial charge is 0.350 e. The minimum absolute atomic E-state index is 0.0570. The lowest BCUT2D eigenvalue weighted by Crippen LogP contribution is -2.97. The fourth-order valence-electron chi connectivity index (χ4n) is 12.2. The molecule has 55 heavy (non-hydrogen) atoms. The molecule has 7 rings (SSSR count). The lowest BCUT2D eigenvalue weighted by molar-refractivity contribution is -0.716. The first-order valence-electron chi connectivity index (χ1n) is 22.5. The maximum absolute atomic E-state index is 15.1. The predicted octanol–water partition coefficient (Wildman–Crippen LogP) is 2.43. The highest BCUT2D eigenvalue weighted by Crippen LogP contribution is 2.63. The van der Waals surface area contributed by atoms with Crippen LogP contribution in [0.2, 0.25) is 0 Å². The second-order valence-corrected chi connectivity index (χ2v) is 18.9. The van der Waals surface area contributed by atoms with Gasteiger partial charge in [-0.15, -0.1) is 0 Å². The van der Waals surface area contributed by atoms with Crippen molar-refractivity contribution >= 4 is 17.5 Å². The number of allylic oxidation sites excluding steroid dienone is 4. The monoisotopic (exact) mass is 766 g/mol. The van der Waals surface area contributed by atoms with E-state index in [1.54, 1.807) is 0 Å². The number of ether oxygens (including phenoxy) is 2. The molecule has 7 aliphatic rings. The molecule has 10 heteroatoms. The molecule has 306 valence electrons. The van der Waals surface area contributed by atoms with Crippen molar-refractivity contribution in [3.05, 3.63) is 34.9 Å². The number of hydrogen-bond donors (Lipinski definition) is 5. The molecule has 3 aliphatic heterocycles. The van der Waals surface area contributed by atoms with E-state index in [9.17, 15) is 14.7 Å². The first-order valence-corrected chi connectivity index (χ1v) is 22.5. The Bertz CT molecular complexity index is 1510. The fourth-order valence-corrected chi connectivity index (χ4v) is 12.2. The van der Waals surface area contributed by atoms with E-state index in [0.717, 1.165) is 95.1 Å². The number of carbonyl (C=O) groups is 3. The SMILES string of the molecule is CC[NH2+][C@H]1C=C2C=CC[C@@H]3CCCC[C@@H](C)CC4CCCC5C(=O)[C@]6(CC(CO)=C(C)CCC7CC[NH2+]C(NC[NH2+]C)C7)O[C@]6(C(=O)OC[C@@H]1C[C@@H]23)C(=O)C45. The second kappa shape index (κ2) is 17.7. The Morgan fingerprint density at radius 3 is 2.62 bits per heavy atom. The van der Waals surface area contributed by atoms with Crippen molar-refractivity contribution < 1.29 is 44.9 Å². The number of nitrogens with two attached hydrogens (primary N) is 3. The van der Waals surface area contributed by atoms with Crippen molar-refractivity contribution in [2.75, 3.05) is 40.0 Å². The normalized spacial score (nSPS) is 41.0. The van der Waals surface area contributed by atoms with Crippen molar-refractivity contribution in [2.45, 2.75) is 140 Å². The molecule has 1 spiro atoms. The van der Waals surface area contributed by atoms with Gasteiger partial charge in [0.15, 0.2) is 17.2 Å². The number of carbonyl (C=O) groups excluding carboxylic acids is 3. The molecule has 2 saturated carbocycles. The van der Waals surface area contributed by atoms with Crippen molar-refractivity contribution in [1.82, 2.24) is 5.32 Å². The number of epoxide rings is 1. The number of ketones is 2. The molecule has 0 aromatic heterocycles. The van der Waals surface area contributed by atoms with E-state index < -0.39 is 29.0 Å². The highest BCUT2D eigenvalue weighted by Gasteiger charge is 2.87. The van der Waals surface area contributed by atoms with Gasteiger partial charge in [0.1, 0.15) is 25.5 Å². The minimum Gasteiger partial charge on any atom is -0.463 e. The van der Waals surface area contributed by atoms with Gasteiger partial charge in [0.2, 0.25) is 0 Å². The van der Waals surface area contributed by atoms with Crippen molar-refractivity contribution in [3.8, 4) is 0 Å². The highest BCUT2D eigenvalue weighted by atomic mass is 16.7. The van der Waals surface area contributed by atoms with Gasteiger partial charge in [-0.2, -0.15) is 0 Å². The number of piperidine rings is 1. The summed E-state index contributed by atoms with van der Waals surface area (Å²) in [5, 5.41) is 21.3. The number of nitrogens with one attached hydrogen (secondary N) is 1. The van der Waals surface area contributed by atoms with Crippen LogP contribution in [0.1, 0.15) is 117 Å². The van der Waals surface area contributed by atoms with Crippen LogP contribution in [0.4, 0.5) is 0 Å². The average molecular weight is 766 g/mol. The molecule has 5 fully saturated rings.